The highest BCUT2D eigenvalue weighted by atomic mass is 35.5. The smallest absolute Gasteiger partial charge is 0.387 e. The Morgan fingerprint density at radius 2 is 1.97 bits per heavy atom. The highest BCUT2D eigenvalue weighted by Gasteiger charge is 2.13. The summed E-state index contributed by atoms with van der Waals surface area (Å²) in [5.74, 6) is -0.259. The van der Waals surface area contributed by atoms with Crippen molar-refractivity contribution in [2.45, 2.75) is 33.9 Å². The van der Waals surface area contributed by atoms with Gasteiger partial charge in [0.1, 0.15) is 5.75 Å². The molecule has 152 valence electrons. The summed E-state index contributed by atoms with van der Waals surface area (Å²) in [6.45, 7) is 3.03. The van der Waals surface area contributed by atoms with Gasteiger partial charge in [-0.2, -0.15) is 13.9 Å². The fourth-order valence-corrected chi connectivity index (χ4v) is 3.10. The van der Waals surface area contributed by atoms with E-state index in [1.54, 1.807) is 29.8 Å². The summed E-state index contributed by atoms with van der Waals surface area (Å²) in [6.07, 6.45) is 0. The zero-order valence-electron chi connectivity index (χ0n) is 16.2. The first-order valence-corrected chi connectivity index (χ1v) is 9.27. The number of ether oxygens (including phenoxy) is 1. The van der Waals surface area contributed by atoms with Crippen LogP contribution in [0.15, 0.2) is 42.5 Å². The molecule has 1 N–H and O–H groups in total. The highest BCUT2D eigenvalue weighted by molar-refractivity contribution is 6.31. The average Bonchev–Trinajstić information content (AvgIpc) is 2.90. The maximum atomic E-state index is 12.7. The number of rotatable bonds is 6. The summed E-state index contributed by atoms with van der Waals surface area (Å²) in [7, 11) is 0. The molecule has 1 amide bonds. The van der Waals surface area contributed by atoms with E-state index in [9.17, 15) is 13.6 Å². The number of nitrogens with zero attached hydrogens (tertiary/aromatic N) is 2. The molecule has 2 aromatic carbocycles. The number of carbonyl (C=O) groups excluding carboxylic acids is 1. The van der Waals surface area contributed by atoms with Gasteiger partial charge in [-0.3, -0.25) is 9.48 Å². The van der Waals surface area contributed by atoms with Crippen molar-refractivity contribution in [1.29, 1.82) is 0 Å². The number of aromatic nitrogens is 2. The van der Waals surface area contributed by atoms with Crippen molar-refractivity contribution in [2.24, 2.45) is 0 Å². The van der Waals surface area contributed by atoms with Gasteiger partial charge in [0.25, 0.3) is 5.91 Å². The fourth-order valence-electron chi connectivity index (χ4n) is 2.96. The number of hydrogen-bond donors (Lipinski definition) is 1. The summed E-state index contributed by atoms with van der Waals surface area (Å²) in [4.78, 5) is 12.7. The van der Waals surface area contributed by atoms with E-state index < -0.39 is 6.61 Å². The molecule has 29 heavy (non-hydrogen) atoms. The molecular formula is C21H20ClF2N3O2. The molecule has 8 heteroatoms. The molecule has 0 atom stereocenters. The van der Waals surface area contributed by atoms with Crippen molar-refractivity contribution in [3.05, 3.63) is 75.6 Å². The zero-order valence-corrected chi connectivity index (χ0v) is 16.9. The Morgan fingerprint density at radius 1 is 1.21 bits per heavy atom. The molecule has 0 bridgehead atoms. The maximum Gasteiger partial charge on any atom is 0.387 e. The summed E-state index contributed by atoms with van der Waals surface area (Å²) in [6, 6.07) is 11.6. The van der Waals surface area contributed by atoms with Gasteiger partial charge in [-0.25, -0.2) is 0 Å². The number of carbonyl (C=O) groups is 1. The maximum absolute atomic E-state index is 12.7. The Morgan fingerprint density at radius 3 is 2.59 bits per heavy atom. The molecule has 3 aromatic rings. The lowest BCUT2D eigenvalue weighted by atomic mass is 10.1. The van der Waals surface area contributed by atoms with Gasteiger partial charge in [-0.15, -0.1) is 0 Å². The van der Waals surface area contributed by atoms with Crippen LogP contribution in [0.3, 0.4) is 0 Å². The molecule has 0 aliphatic rings. The number of aryl methyl sites for hydroxylation is 2. The lowest BCUT2D eigenvalue weighted by Gasteiger charge is -2.12. The summed E-state index contributed by atoms with van der Waals surface area (Å²) in [5, 5.41) is 7.84. The van der Waals surface area contributed by atoms with Crippen LogP contribution in [0.4, 0.5) is 14.5 Å². The second kappa shape index (κ2) is 8.61. The lowest BCUT2D eigenvalue weighted by molar-refractivity contribution is -0.0498. The molecule has 3 rings (SSSR count). The van der Waals surface area contributed by atoms with Gasteiger partial charge in [0.15, 0.2) is 0 Å². The number of nitrogens with one attached hydrogen (secondary N) is 1. The van der Waals surface area contributed by atoms with Crippen LogP contribution in [0.1, 0.15) is 32.9 Å². The SMILES string of the molecule is Cc1cc(OC(F)F)ccc1NC(=O)c1cccc(Cn2nc(C)c(Cl)c2C)c1. The van der Waals surface area contributed by atoms with E-state index >= 15 is 0 Å². The molecule has 0 spiro atoms. The van der Waals surface area contributed by atoms with Crippen LogP contribution < -0.4 is 10.1 Å². The highest BCUT2D eigenvalue weighted by Crippen LogP contribution is 2.24. The van der Waals surface area contributed by atoms with Crippen LogP contribution >= 0.6 is 11.6 Å². The minimum atomic E-state index is -2.89. The molecule has 0 aliphatic carbocycles. The molecule has 5 nitrogen and oxygen atoms in total. The molecule has 0 saturated carbocycles. The van der Waals surface area contributed by atoms with Gasteiger partial charge in [-0.1, -0.05) is 23.7 Å². The first-order chi connectivity index (χ1) is 13.7. The Labute approximate surface area is 172 Å². The zero-order chi connectivity index (χ0) is 21.1. The monoisotopic (exact) mass is 419 g/mol. The van der Waals surface area contributed by atoms with Gasteiger partial charge in [0, 0.05) is 11.3 Å². The first-order valence-electron chi connectivity index (χ1n) is 8.90. The van der Waals surface area contributed by atoms with Crippen molar-refractivity contribution in [2.75, 3.05) is 5.32 Å². The number of anilines is 1. The predicted molar refractivity (Wildman–Crippen MR) is 108 cm³/mol. The average molecular weight is 420 g/mol. The first kappa shape index (κ1) is 20.8. The molecule has 1 heterocycles. The van der Waals surface area contributed by atoms with Crippen molar-refractivity contribution in [1.82, 2.24) is 9.78 Å². The Kier molecular flexibility index (Phi) is 6.17. The third kappa shape index (κ3) is 4.92. The quantitative estimate of drug-likeness (QED) is 0.584. The number of benzene rings is 2. The number of amides is 1. The lowest BCUT2D eigenvalue weighted by Crippen LogP contribution is -2.14. The number of halogens is 3. The third-order valence-electron chi connectivity index (χ3n) is 4.49. The minimum absolute atomic E-state index is 0.0426. The van der Waals surface area contributed by atoms with Crippen LogP contribution in [0.2, 0.25) is 5.02 Å². The minimum Gasteiger partial charge on any atom is -0.435 e. The van der Waals surface area contributed by atoms with Crippen molar-refractivity contribution < 1.29 is 18.3 Å². The van der Waals surface area contributed by atoms with E-state index in [2.05, 4.69) is 15.2 Å². The molecular weight excluding hydrogens is 400 g/mol. The van der Waals surface area contributed by atoms with E-state index in [0.29, 0.717) is 28.4 Å². The molecule has 0 saturated heterocycles. The summed E-state index contributed by atoms with van der Waals surface area (Å²) >= 11 is 6.19. The van der Waals surface area contributed by atoms with Gasteiger partial charge in [0.05, 0.1) is 23.0 Å². The van der Waals surface area contributed by atoms with E-state index in [1.165, 1.54) is 18.2 Å². The second-order valence-electron chi connectivity index (χ2n) is 6.65. The summed E-state index contributed by atoms with van der Waals surface area (Å²) < 4.78 is 30.8. The van der Waals surface area contributed by atoms with E-state index in [1.807, 2.05) is 19.9 Å². The number of hydrogen-bond acceptors (Lipinski definition) is 3. The normalized spacial score (nSPS) is 11.0. The van der Waals surface area contributed by atoms with Crippen LogP contribution in [0.25, 0.3) is 0 Å². The van der Waals surface area contributed by atoms with E-state index in [4.69, 9.17) is 11.6 Å². The van der Waals surface area contributed by atoms with E-state index in [0.717, 1.165) is 17.0 Å². The number of alkyl halides is 2. The molecule has 0 fully saturated rings. The van der Waals surface area contributed by atoms with Gasteiger partial charge in [-0.05, 0) is 62.2 Å². The predicted octanol–water partition coefficient (Wildman–Crippen LogP) is 5.36. The van der Waals surface area contributed by atoms with E-state index in [-0.39, 0.29) is 11.7 Å². The van der Waals surface area contributed by atoms with Crippen molar-refractivity contribution >= 4 is 23.2 Å². The molecule has 1 aromatic heterocycles. The largest absolute Gasteiger partial charge is 0.435 e. The van der Waals surface area contributed by atoms with Crippen LogP contribution in [0.5, 0.6) is 5.75 Å². The van der Waals surface area contributed by atoms with Crippen LogP contribution in [-0.4, -0.2) is 22.3 Å². The van der Waals surface area contributed by atoms with Crippen LogP contribution in [-0.2, 0) is 6.54 Å². The molecule has 0 unspecified atom stereocenters. The van der Waals surface area contributed by atoms with Gasteiger partial charge < -0.3 is 10.1 Å². The van der Waals surface area contributed by atoms with Crippen molar-refractivity contribution in [3.63, 3.8) is 0 Å². The molecule has 0 aliphatic heterocycles. The second-order valence-corrected chi connectivity index (χ2v) is 7.03. The molecule has 0 radical (unpaired) electrons. The fraction of sp³-hybridized carbons (Fsp3) is 0.238. The Balaban J connectivity index is 1.75. The summed E-state index contributed by atoms with van der Waals surface area (Å²) in [5.41, 5.74) is 4.13. The standard InChI is InChI=1S/C21H20ClF2N3O2/c1-12-9-17(29-21(23)24)7-8-18(12)25-20(28)16-6-4-5-15(10-16)11-27-14(3)19(22)13(2)26-27/h4-10,21H,11H2,1-3H3,(H,25,28). The Bertz CT molecular complexity index is 1050. The van der Waals surface area contributed by atoms with Gasteiger partial charge in [0.2, 0.25) is 0 Å². The van der Waals surface area contributed by atoms with Crippen molar-refractivity contribution in [3.8, 4) is 5.75 Å². The van der Waals surface area contributed by atoms with Gasteiger partial charge >= 0.3 is 6.61 Å². The van der Waals surface area contributed by atoms with Crippen LogP contribution in [0, 0.1) is 20.8 Å². The Hall–Kier alpha value is -2.93. The third-order valence-corrected chi connectivity index (χ3v) is 5.03. The topological polar surface area (TPSA) is 56.1 Å².